The minimum atomic E-state index is -2.02. The number of fused-ring (bicyclic) bond motifs is 1. The molecule has 1 aromatic carbocycles. The minimum Gasteiger partial charge on any atom is -0.411 e. The van der Waals surface area contributed by atoms with Gasteiger partial charge in [-0.25, -0.2) is 9.67 Å². The Balaban J connectivity index is 1.53. The Kier molecular flexibility index (Phi) is 7.83. The van der Waals surface area contributed by atoms with Crippen LogP contribution in [0.15, 0.2) is 24.4 Å². The van der Waals surface area contributed by atoms with Gasteiger partial charge in [0.15, 0.2) is 8.32 Å². The molecular formula is C30H38ClN5O3Si. The van der Waals surface area contributed by atoms with Gasteiger partial charge >= 0.3 is 0 Å². The van der Waals surface area contributed by atoms with Gasteiger partial charge in [-0.1, -0.05) is 32.4 Å². The first-order valence-corrected chi connectivity index (χ1v) is 17.3. The van der Waals surface area contributed by atoms with Crippen LogP contribution in [0.2, 0.25) is 23.2 Å². The fourth-order valence-corrected chi connectivity index (χ4v) is 6.20. The molecule has 40 heavy (non-hydrogen) atoms. The topological polar surface area (TPSA) is 102 Å². The maximum atomic E-state index is 12.5. The monoisotopic (exact) mass is 579 g/mol. The summed E-state index contributed by atoms with van der Waals surface area (Å²) >= 11 is 6.80. The summed E-state index contributed by atoms with van der Waals surface area (Å²) in [6, 6.07) is 8.02. The summed E-state index contributed by atoms with van der Waals surface area (Å²) in [4.78, 5) is 16.9. The molecule has 8 nitrogen and oxygen atoms in total. The van der Waals surface area contributed by atoms with Gasteiger partial charge in [0.1, 0.15) is 12.0 Å². The van der Waals surface area contributed by atoms with Crippen LogP contribution in [0.3, 0.4) is 0 Å². The van der Waals surface area contributed by atoms with E-state index in [1.165, 1.54) is 0 Å². The number of carbonyl (C=O) groups is 1. The van der Waals surface area contributed by atoms with Crippen molar-refractivity contribution in [1.82, 2.24) is 14.8 Å². The summed E-state index contributed by atoms with van der Waals surface area (Å²) < 4.78 is 14.8. The van der Waals surface area contributed by atoms with E-state index in [1.54, 1.807) is 6.20 Å². The molecule has 1 amide bonds. The van der Waals surface area contributed by atoms with Gasteiger partial charge in [0, 0.05) is 29.4 Å². The van der Waals surface area contributed by atoms with Gasteiger partial charge in [-0.3, -0.25) is 4.79 Å². The summed E-state index contributed by atoms with van der Waals surface area (Å²) in [6.07, 6.45) is 5.27. The van der Waals surface area contributed by atoms with E-state index in [-0.39, 0.29) is 29.0 Å². The lowest BCUT2D eigenvalue weighted by Crippen LogP contribution is -2.40. The maximum absolute atomic E-state index is 12.5. The van der Waals surface area contributed by atoms with Gasteiger partial charge in [-0.05, 0) is 79.9 Å². The summed E-state index contributed by atoms with van der Waals surface area (Å²) in [5.41, 5.74) is 3.80. The third-order valence-electron chi connectivity index (χ3n) is 8.65. The van der Waals surface area contributed by atoms with Gasteiger partial charge in [-0.15, -0.1) is 0 Å². The molecule has 2 fully saturated rings. The molecule has 2 aromatic heterocycles. The van der Waals surface area contributed by atoms with E-state index >= 15 is 0 Å². The van der Waals surface area contributed by atoms with E-state index in [1.807, 2.05) is 16.8 Å². The van der Waals surface area contributed by atoms with Gasteiger partial charge in [-0.2, -0.15) is 10.4 Å². The van der Waals surface area contributed by atoms with Crippen LogP contribution in [-0.4, -0.2) is 35.6 Å². The van der Waals surface area contributed by atoms with Crippen LogP contribution in [0.5, 0.6) is 0 Å². The van der Waals surface area contributed by atoms with Crippen molar-refractivity contribution in [3.05, 3.63) is 40.8 Å². The Hall–Kier alpha value is -2.77. The molecule has 3 heterocycles. The van der Waals surface area contributed by atoms with E-state index < -0.39 is 8.32 Å². The molecular weight excluding hydrogens is 542 g/mol. The zero-order valence-electron chi connectivity index (χ0n) is 24.2. The summed E-state index contributed by atoms with van der Waals surface area (Å²) in [5, 5.41) is 19.3. The number of rotatable bonds is 7. The molecule has 0 radical (unpaired) electrons. The van der Waals surface area contributed by atoms with Crippen LogP contribution in [0.25, 0.3) is 21.9 Å². The Labute approximate surface area is 242 Å². The highest BCUT2D eigenvalue weighted by Crippen LogP contribution is 2.41. The van der Waals surface area contributed by atoms with Crippen molar-refractivity contribution < 1.29 is 14.0 Å². The van der Waals surface area contributed by atoms with Crippen molar-refractivity contribution in [2.45, 2.75) is 84.3 Å². The van der Waals surface area contributed by atoms with Crippen molar-refractivity contribution in [2.75, 3.05) is 11.9 Å². The van der Waals surface area contributed by atoms with Gasteiger partial charge in [0.05, 0.1) is 35.2 Å². The van der Waals surface area contributed by atoms with Gasteiger partial charge < -0.3 is 14.5 Å². The third kappa shape index (κ3) is 5.68. The molecule has 3 atom stereocenters. The molecule has 10 heteroatoms. The highest BCUT2D eigenvalue weighted by Gasteiger charge is 2.43. The lowest BCUT2D eigenvalue weighted by molar-refractivity contribution is -0.117. The Morgan fingerprint density at radius 1 is 1.30 bits per heavy atom. The van der Waals surface area contributed by atoms with Crippen LogP contribution in [0.1, 0.15) is 64.1 Å². The maximum Gasteiger partial charge on any atom is 0.230 e. The first-order chi connectivity index (χ1) is 18.9. The van der Waals surface area contributed by atoms with E-state index in [0.717, 1.165) is 59.2 Å². The standard InChI is InChI=1S/C30H38ClN5O3Si/c1-18-28(25(17-39-40(5,6)30(2,3)4)35-36(18)27-9-7-8-10-38-27)20-11-19-14-26(33-16-23(19)24(31)13-20)34-29(37)22-12-21(22)15-32/h11,13-14,16,21-22,27H,7-10,12,17H2,1-6H3,(H,33,34,37). The number of nitriles is 1. The highest BCUT2D eigenvalue weighted by atomic mass is 35.5. The van der Waals surface area contributed by atoms with E-state index in [2.05, 4.69) is 63.2 Å². The molecule has 1 N–H and O–H groups in total. The molecule has 3 unspecified atom stereocenters. The van der Waals surface area contributed by atoms with Crippen LogP contribution in [0.4, 0.5) is 5.82 Å². The van der Waals surface area contributed by atoms with Gasteiger partial charge in [0.2, 0.25) is 5.91 Å². The van der Waals surface area contributed by atoms with Crippen LogP contribution < -0.4 is 5.32 Å². The van der Waals surface area contributed by atoms with Gasteiger partial charge in [0.25, 0.3) is 0 Å². The predicted octanol–water partition coefficient (Wildman–Crippen LogP) is 7.38. The number of nitrogens with zero attached hydrogens (tertiary/aromatic N) is 4. The first kappa shape index (κ1) is 28.7. The van der Waals surface area contributed by atoms with Crippen LogP contribution in [0, 0.1) is 30.1 Å². The second kappa shape index (κ2) is 10.9. The average molecular weight is 580 g/mol. The van der Waals surface area contributed by atoms with Crippen molar-refractivity contribution in [3.8, 4) is 17.2 Å². The number of benzene rings is 1. The number of nitrogens with one attached hydrogen (secondary N) is 1. The fraction of sp³-hybridized carbons (Fsp3) is 0.533. The predicted molar refractivity (Wildman–Crippen MR) is 159 cm³/mol. The average Bonchev–Trinajstić information content (AvgIpc) is 3.63. The van der Waals surface area contributed by atoms with Crippen molar-refractivity contribution in [3.63, 3.8) is 0 Å². The van der Waals surface area contributed by atoms with E-state index in [4.69, 9.17) is 31.1 Å². The number of hydrogen-bond donors (Lipinski definition) is 1. The molecule has 5 rings (SSSR count). The number of ether oxygens (including phenoxy) is 1. The first-order valence-electron chi connectivity index (χ1n) is 14.0. The quantitative estimate of drug-likeness (QED) is 0.293. The largest absolute Gasteiger partial charge is 0.411 e. The fourth-order valence-electron chi connectivity index (χ4n) is 4.99. The molecule has 2 aliphatic rings. The Morgan fingerprint density at radius 3 is 2.73 bits per heavy atom. The highest BCUT2D eigenvalue weighted by molar-refractivity contribution is 6.74. The minimum absolute atomic E-state index is 0.0745. The molecule has 3 aromatic rings. The molecule has 1 saturated carbocycles. The van der Waals surface area contributed by atoms with E-state index in [0.29, 0.717) is 23.9 Å². The van der Waals surface area contributed by atoms with Crippen LogP contribution in [-0.2, 0) is 20.6 Å². The second-order valence-electron chi connectivity index (χ2n) is 12.5. The summed E-state index contributed by atoms with van der Waals surface area (Å²) in [7, 11) is -2.02. The number of hydrogen-bond acceptors (Lipinski definition) is 6. The molecule has 0 spiro atoms. The van der Waals surface area contributed by atoms with Crippen molar-refractivity contribution >= 4 is 42.4 Å². The SMILES string of the molecule is Cc1c(-c2cc(Cl)c3cnc(NC(=O)C4CC4C#N)cc3c2)c(CO[Si](C)(C)C(C)(C)C)nn1C1CCCCO1. The Bertz CT molecular complexity index is 1480. The Morgan fingerprint density at radius 2 is 2.08 bits per heavy atom. The smallest absolute Gasteiger partial charge is 0.230 e. The zero-order valence-corrected chi connectivity index (χ0v) is 25.9. The number of amides is 1. The number of carbonyl (C=O) groups excluding carboxylic acids is 1. The number of halogens is 1. The van der Waals surface area contributed by atoms with E-state index in [9.17, 15) is 4.79 Å². The summed E-state index contributed by atoms with van der Waals surface area (Å²) in [6.45, 7) is 14.4. The zero-order chi connectivity index (χ0) is 28.8. The number of pyridine rings is 1. The number of aromatic nitrogens is 3. The molecule has 1 saturated heterocycles. The molecule has 1 aliphatic heterocycles. The normalized spacial score (nSPS) is 21.3. The molecule has 1 aliphatic carbocycles. The molecule has 212 valence electrons. The lowest BCUT2D eigenvalue weighted by Gasteiger charge is -2.36. The number of anilines is 1. The van der Waals surface area contributed by atoms with Crippen LogP contribution >= 0.6 is 11.6 Å². The van der Waals surface area contributed by atoms with Crippen molar-refractivity contribution in [2.24, 2.45) is 11.8 Å². The molecule has 0 bridgehead atoms. The van der Waals surface area contributed by atoms with Crippen molar-refractivity contribution in [1.29, 1.82) is 5.26 Å². The summed E-state index contributed by atoms with van der Waals surface area (Å²) in [5.74, 6) is -0.202. The lowest BCUT2D eigenvalue weighted by atomic mass is 10.00. The second-order valence-corrected chi connectivity index (χ2v) is 17.8. The third-order valence-corrected chi connectivity index (χ3v) is 13.4.